The minimum absolute atomic E-state index is 0.0203. The average molecular weight is 362 g/mol. The number of carbonyl (C=O) groups is 1. The molecule has 0 radical (unpaired) electrons. The smallest absolute Gasteiger partial charge is 0.416 e. The highest BCUT2D eigenvalue weighted by Crippen LogP contribution is 2.32. The van der Waals surface area contributed by atoms with E-state index >= 15 is 0 Å². The van der Waals surface area contributed by atoms with E-state index in [0.717, 1.165) is 18.2 Å². The van der Waals surface area contributed by atoms with Gasteiger partial charge >= 0.3 is 12.1 Å². The molecule has 0 unspecified atom stereocenters. The van der Waals surface area contributed by atoms with Crippen molar-refractivity contribution in [3.05, 3.63) is 64.3 Å². The molecular weight excluding hydrogens is 349 g/mol. The summed E-state index contributed by atoms with van der Waals surface area (Å²) in [5, 5.41) is 0.169. The summed E-state index contributed by atoms with van der Waals surface area (Å²) in [7, 11) is 0. The van der Waals surface area contributed by atoms with Crippen LogP contribution in [0.15, 0.2) is 57.7 Å². The van der Waals surface area contributed by atoms with Crippen LogP contribution in [0, 0.1) is 0 Å². The van der Waals surface area contributed by atoms with Crippen LogP contribution < -0.4 is 10.2 Å². The Labute approximate surface area is 145 Å². The van der Waals surface area contributed by atoms with Crippen LogP contribution in [0.25, 0.3) is 22.3 Å². The molecule has 3 rings (SSSR count). The summed E-state index contributed by atoms with van der Waals surface area (Å²) in [5.41, 5.74) is -0.964. The van der Waals surface area contributed by atoms with Crippen molar-refractivity contribution in [1.82, 2.24) is 0 Å². The molecule has 1 aromatic heterocycles. The SMILES string of the molecule is CCC(=O)Oc1ccc2oc(-c3cccc(C(F)(F)F)c3)cc(=O)c2c1. The number of fused-ring (bicyclic) bond motifs is 1. The molecule has 0 aliphatic rings. The number of hydrogen-bond donors (Lipinski definition) is 0. The van der Waals surface area contributed by atoms with Gasteiger partial charge in [0, 0.05) is 18.1 Å². The molecule has 2 aromatic carbocycles. The van der Waals surface area contributed by atoms with Crippen molar-refractivity contribution in [2.24, 2.45) is 0 Å². The molecule has 0 saturated heterocycles. The van der Waals surface area contributed by atoms with Gasteiger partial charge < -0.3 is 9.15 Å². The fourth-order valence-corrected chi connectivity index (χ4v) is 2.39. The molecule has 26 heavy (non-hydrogen) atoms. The third-order valence-electron chi connectivity index (χ3n) is 3.69. The molecule has 1 heterocycles. The van der Waals surface area contributed by atoms with Crippen LogP contribution in [0.4, 0.5) is 13.2 Å². The molecule has 0 fully saturated rings. The quantitative estimate of drug-likeness (QED) is 0.496. The molecule has 134 valence electrons. The molecule has 0 amide bonds. The van der Waals surface area contributed by atoms with Crippen molar-refractivity contribution >= 4 is 16.9 Å². The number of halogens is 3. The predicted molar refractivity (Wildman–Crippen MR) is 88.8 cm³/mol. The Hall–Kier alpha value is -3.09. The van der Waals surface area contributed by atoms with Gasteiger partial charge in [-0.05, 0) is 30.3 Å². The molecule has 0 atom stereocenters. The summed E-state index contributed by atoms with van der Waals surface area (Å²) >= 11 is 0. The van der Waals surface area contributed by atoms with Gasteiger partial charge in [-0.25, -0.2) is 0 Å². The summed E-state index contributed by atoms with van der Waals surface area (Å²) in [6.07, 6.45) is -4.31. The third kappa shape index (κ3) is 3.61. The molecule has 0 aliphatic heterocycles. The molecular formula is C19H13F3O4. The van der Waals surface area contributed by atoms with Gasteiger partial charge in [0.25, 0.3) is 0 Å². The Balaban J connectivity index is 2.06. The monoisotopic (exact) mass is 362 g/mol. The highest BCUT2D eigenvalue weighted by molar-refractivity contribution is 5.81. The van der Waals surface area contributed by atoms with Gasteiger partial charge in [-0.15, -0.1) is 0 Å². The number of benzene rings is 2. The Morgan fingerprint density at radius 3 is 2.58 bits per heavy atom. The Morgan fingerprint density at radius 2 is 1.88 bits per heavy atom. The zero-order valence-corrected chi connectivity index (χ0v) is 13.6. The van der Waals surface area contributed by atoms with Crippen molar-refractivity contribution in [3.8, 4) is 17.1 Å². The normalized spacial score (nSPS) is 11.5. The fraction of sp³-hybridized carbons (Fsp3) is 0.158. The second-order valence-corrected chi connectivity index (χ2v) is 5.54. The lowest BCUT2D eigenvalue weighted by Crippen LogP contribution is -2.07. The van der Waals surface area contributed by atoms with Crippen molar-refractivity contribution in [2.45, 2.75) is 19.5 Å². The fourth-order valence-electron chi connectivity index (χ4n) is 2.39. The summed E-state index contributed by atoms with van der Waals surface area (Å²) in [6.45, 7) is 1.64. The van der Waals surface area contributed by atoms with Crippen molar-refractivity contribution in [3.63, 3.8) is 0 Å². The lowest BCUT2D eigenvalue weighted by Gasteiger charge is -2.09. The number of ether oxygens (including phenoxy) is 1. The van der Waals surface area contributed by atoms with E-state index in [-0.39, 0.29) is 34.5 Å². The lowest BCUT2D eigenvalue weighted by molar-refractivity contribution is -0.137. The van der Waals surface area contributed by atoms with E-state index in [1.165, 1.54) is 30.3 Å². The minimum atomic E-state index is -4.49. The van der Waals surface area contributed by atoms with Gasteiger partial charge in [0.05, 0.1) is 10.9 Å². The maximum atomic E-state index is 12.9. The molecule has 3 aromatic rings. The van der Waals surface area contributed by atoms with Gasteiger partial charge in [0.1, 0.15) is 17.1 Å². The number of carbonyl (C=O) groups excluding carboxylic acids is 1. The third-order valence-corrected chi connectivity index (χ3v) is 3.69. The van der Waals surface area contributed by atoms with E-state index < -0.39 is 23.1 Å². The summed E-state index contributed by atoms with van der Waals surface area (Å²) in [5.74, 6) is -0.232. The summed E-state index contributed by atoms with van der Waals surface area (Å²) in [4.78, 5) is 23.7. The number of rotatable bonds is 3. The van der Waals surface area contributed by atoms with Crippen molar-refractivity contribution < 1.29 is 27.1 Å². The average Bonchev–Trinajstić information content (AvgIpc) is 2.61. The predicted octanol–water partition coefficient (Wildman–Crippen LogP) is 4.79. The van der Waals surface area contributed by atoms with Crippen LogP contribution in [-0.2, 0) is 11.0 Å². The lowest BCUT2D eigenvalue weighted by atomic mass is 10.1. The Kier molecular flexibility index (Phi) is 4.54. The van der Waals surface area contributed by atoms with Gasteiger partial charge in [-0.1, -0.05) is 19.1 Å². The summed E-state index contributed by atoms with van der Waals surface area (Å²) in [6, 6.07) is 9.90. The first-order valence-corrected chi connectivity index (χ1v) is 7.74. The van der Waals surface area contributed by atoms with Crippen LogP contribution in [0.3, 0.4) is 0 Å². The minimum Gasteiger partial charge on any atom is -0.456 e. The number of hydrogen-bond acceptors (Lipinski definition) is 4. The largest absolute Gasteiger partial charge is 0.456 e. The summed E-state index contributed by atoms with van der Waals surface area (Å²) < 4.78 is 49.2. The highest BCUT2D eigenvalue weighted by Gasteiger charge is 2.30. The van der Waals surface area contributed by atoms with Gasteiger partial charge in [0.2, 0.25) is 0 Å². The van der Waals surface area contributed by atoms with Gasteiger partial charge in [-0.2, -0.15) is 13.2 Å². The van der Waals surface area contributed by atoms with E-state index in [4.69, 9.17) is 9.15 Å². The van der Waals surface area contributed by atoms with Crippen LogP contribution >= 0.6 is 0 Å². The van der Waals surface area contributed by atoms with Crippen LogP contribution in [0.2, 0.25) is 0 Å². The van der Waals surface area contributed by atoms with E-state index in [1.807, 2.05) is 0 Å². The van der Waals surface area contributed by atoms with E-state index in [2.05, 4.69) is 0 Å². The maximum absolute atomic E-state index is 12.9. The molecule has 0 aliphatic carbocycles. The molecule has 0 N–H and O–H groups in total. The zero-order valence-electron chi connectivity index (χ0n) is 13.6. The van der Waals surface area contributed by atoms with Crippen LogP contribution in [-0.4, -0.2) is 5.97 Å². The standard InChI is InChI=1S/C19H13F3O4/c1-2-18(24)25-13-6-7-16-14(9-13)15(23)10-17(26-16)11-4-3-5-12(8-11)19(20,21)22/h3-10H,2H2,1H3. The molecule has 0 spiro atoms. The van der Waals surface area contributed by atoms with Crippen molar-refractivity contribution in [1.29, 1.82) is 0 Å². The Bertz CT molecular complexity index is 1030. The molecule has 0 saturated carbocycles. The number of esters is 1. The first kappa shape index (κ1) is 17.7. The van der Waals surface area contributed by atoms with Gasteiger partial charge in [-0.3, -0.25) is 9.59 Å². The molecule has 4 nitrogen and oxygen atoms in total. The molecule has 7 heteroatoms. The number of alkyl halides is 3. The van der Waals surface area contributed by atoms with E-state index in [1.54, 1.807) is 6.92 Å². The van der Waals surface area contributed by atoms with Gasteiger partial charge in [0.15, 0.2) is 5.43 Å². The van der Waals surface area contributed by atoms with Crippen molar-refractivity contribution in [2.75, 3.05) is 0 Å². The van der Waals surface area contributed by atoms with E-state index in [9.17, 15) is 22.8 Å². The van der Waals surface area contributed by atoms with Crippen LogP contribution in [0.5, 0.6) is 5.75 Å². The second-order valence-electron chi connectivity index (χ2n) is 5.54. The zero-order chi connectivity index (χ0) is 18.9. The first-order chi connectivity index (χ1) is 12.3. The second kappa shape index (κ2) is 6.67. The first-order valence-electron chi connectivity index (χ1n) is 7.74. The van der Waals surface area contributed by atoms with E-state index in [0.29, 0.717) is 0 Å². The molecule has 0 bridgehead atoms. The maximum Gasteiger partial charge on any atom is 0.416 e. The Morgan fingerprint density at radius 1 is 1.12 bits per heavy atom. The topological polar surface area (TPSA) is 56.5 Å². The van der Waals surface area contributed by atoms with Crippen LogP contribution in [0.1, 0.15) is 18.9 Å². The highest BCUT2D eigenvalue weighted by atomic mass is 19.4.